The lowest BCUT2D eigenvalue weighted by Gasteiger charge is -2.41. The Kier molecular flexibility index (Phi) is 8.26. The highest BCUT2D eigenvalue weighted by Crippen LogP contribution is 2.38. The molecule has 7 rings (SSSR count). The van der Waals surface area contributed by atoms with Crippen LogP contribution in [-0.4, -0.2) is 87.4 Å². The van der Waals surface area contributed by atoms with E-state index in [1.165, 1.54) is 12.8 Å². The Labute approximate surface area is 278 Å². The van der Waals surface area contributed by atoms with Crippen LogP contribution >= 0.6 is 11.6 Å². The van der Waals surface area contributed by atoms with Crippen LogP contribution in [0.4, 0.5) is 15.0 Å². The molecule has 2 aliphatic heterocycles. The summed E-state index contributed by atoms with van der Waals surface area (Å²) in [5.41, 5.74) is 0.0938. The molecule has 0 N–H and O–H groups in total. The number of carbonyl (C=O) groups is 1. The number of anilines is 1. The molecule has 2 aromatic heterocycles. The maximum Gasteiger partial charge on any atom is 0.410 e. The highest BCUT2D eigenvalue weighted by Gasteiger charge is 2.40. The molecule has 4 aromatic rings. The Morgan fingerprint density at radius 1 is 1.09 bits per heavy atom. The topological polar surface area (TPSA) is 108 Å². The molecule has 10 nitrogen and oxygen atoms in total. The van der Waals surface area contributed by atoms with Gasteiger partial charge in [0.15, 0.2) is 5.82 Å². The third-order valence-corrected chi connectivity index (χ3v) is 9.41. The SMILES string of the molecule is CC(C)(C)OC(=O)N1CCN(c2nc(OCC3CCN3C3CC3)nc3c(F)c(-c4cccc5cccc(Cl)c45)ncc23)C[C@@H]1CC#N. The maximum absolute atomic E-state index is 16.7. The van der Waals surface area contributed by atoms with Crippen LogP contribution in [0.2, 0.25) is 5.02 Å². The first kappa shape index (κ1) is 31.3. The van der Waals surface area contributed by atoms with Gasteiger partial charge in [-0.25, -0.2) is 9.18 Å². The number of likely N-dealkylation sites (tertiary alicyclic amines) is 1. The molecule has 4 heterocycles. The summed E-state index contributed by atoms with van der Waals surface area (Å²) in [6.45, 7) is 7.86. The number of aromatic nitrogens is 3. The summed E-state index contributed by atoms with van der Waals surface area (Å²) in [5, 5.41) is 12.1. The van der Waals surface area contributed by atoms with Crippen molar-refractivity contribution >= 4 is 45.2 Å². The van der Waals surface area contributed by atoms with E-state index in [9.17, 15) is 10.1 Å². The van der Waals surface area contributed by atoms with Gasteiger partial charge in [-0.3, -0.25) is 9.88 Å². The van der Waals surface area contributed by atoms with Gasteiger partial charge in [-0.15, -0.1) is 0 Å². The molecule has 0 spiro atoms. The third-order valence-electron chi connectivity index (χ3n) is 9.10. The predicted molar refractivity (Wildman–Crippen MR) is 178 cm³/mol. The second-order valence-electron chi connectivity index (χ2n) is 13.5. The first-order valence-electron chi connectivity index (χ1n) is 16.1. The van der Waals surface area contributed by atoms with E-state index < -0.39 is 23.6 Å². The zero-order valence-corrected chi connectivity index (χ0v) is 27.5. The zero-order chi connectivity index (χ0) is 32.9. The Hall–Kier alpha value is -4.27. The lowest BCUT2D eigenvalue weighted by molar-refractivity contribution is 0.0145. The first-order chi connectivity index (χ1) is 22.6. The number of fused-ring (bicyclic) bond motifs is 2. The summed E-state index contributed by atoms with van der Waals surface area (Å²) >= 11 is 6.61. The summed E-state index contributed by atoms with van der Waals surface area (Å²) in [6.07, 6.45) is 4.67. The number of amides is 1. The number of nitriles is 1. The van der Waals surface area contributed by atoms with Crippen LogP contribution in [0.3, 0.4) is 0 Å². The van der Waals surface area contributed by atoms with Gasteiger partial charge in [0.25, 0.3) is 0 Å². The van der Waals surface area contributed by atoms with Crippen LogP contribution in [0.15, 0.2) is 42.6 Å². The van der Waals surface area contributed by atoms with E-state index >= 15 is 4.39 Å². The maximum atomic E-state index is 16.7. The minimum Gasteiger partial charge on any atom is -0.462 e. The third kappa shape index (κ3) is 6.24. The molecule has 3 aliphatic rings. The molecule has 0 radical (unpaired) electrons. The number of ether oxygens (including phenoxy) is 2. The van der Waals surface area contributed by atoms with Gasteiger partial charge in [0, 0.05) is 60.4 Å². The molecule has 2 atom stereocenters. The summed E-state index contributed by atoms with van der Waals surface area (Å²) < 4.78 is 28.6. The van der Waals surface area contributed by atoms with Crippen LogP contribution < -0.4 is 9.64 Å². The fraction of sp³-hybridized carbons (Fsp3) is 0.457. The van der Waals surface area contributed by atoms with Gasteiger partial charge in [-0.1, -0.05) is 41.9 Å². The molecule has 2 aromatic carbocycles. The lowest BCUT2D eigenvalue weighted by atomic mass is 10.0. The molecule has 3 fully saturated rings. The van der Waals surface area contributed by atoms with Gasteiger partial charge in [-0.2, -0.15) is 15.2 Å². The van der Waals surface area contributed by atoms with Crippen molar-refractivity contribution in [1.29, 1.82) is 5.26 Å². The molecule has 12 heteroatoms. The van der Waals surface area contributed by atoms with Gasteiger partial charge >= 0.3 is 12.1 Å². The van der Waals surface area contributed by atoms with Crippen molar-refractivity contribution in [2.75, 3.05) is 37.7 Å². The Morgan fingerprint density at radius 3 is 2.57 bits per heavy atom. The van der Waals surface area contributed by atoms with Crippen molar-refractivity contribution in [1.82, 2.24) is 24.8 Å². The Morgan fingerprint density at radius 2 is 1.87 bits per heavy atom. The number of hydrogen-bond donors (Lipinski definition) is 0. The van der Waals surface area contributed by atoms with Gasteiger partial charge in [-0.05, 0) is 51.5 Å². The molecule has 244 valence electrons. The average molecular weight is 658 g/mol. The second kappa shape index (κ2) is 12.4. The molecule has 47 heavy (non-hydrogen) atoms. The van der Waals surface area contributed by atoms with E-state index in [0.717, 1.165) is 18.4 Å². The quantitative estimate of drug-likeness (QED) is 0.217. The number of hydrogen-bond acceptors (Lipinski definition) is 9. The molecule has 1 amide bonds. The molecular weight excluding hydrogens is 621 g/mol. The summed E-state index contributed by atoms with van der Waals surface area (Å²) in [5.74, 6) is -0.161. The molecule has 0 bridgehead atoms. The van der Waals surface area contributed by atoms with Crippen molar-refractivity contribution in [2.24, 2.45) is 0 Å². The Bertz CT molecular complexity index is 1880. The van der Waals surface area contributed by atoms with Gasteiger partial charge in [0.05, 0.1) is 23.9 Å². The normalized spacial score (nSPS) is 20.3. The number of carbonyl (C=O) groups excluding carboxylic acids is 1. The van der Waals surface area contributed by atoms with Crippen molar-refractivity contribution in [2.45, 2.75) is 70.2 Å². The largest absolute Gasteiger partial charge is 0.462 e. The van der Waals surface area contributed by atoms with E-state index in [2.05, 4.69) is 20.9 Å². The van der Waals surface area contributed by atoms with Crippen molar-refractivity contribution in [3.8, 4) is 23.3 Å². The van der Waals surface area contributed by atoms with E-state index in [0.29, 0.717) is 59.5 Å². The highest BCUT2D eigenvalue weighted by molar-refractivity contribution is 6.36. The number of piperazine rings is 1. The molecule has 1 saturated carbocycles. The summed E-state index contributed by atoms with van der Waals surface area (Å²) in [7, 11) is 0. The molecular formula is C35H37ClFN7O3. The first-order valence-corrected chi connectivity index (χ1v) is 16.5. The lowest BCUT2D eigenvalue weighted by Crippen LogP contribution is -2.56. The number of rotatable bonds is 7. The predicted octanol–water partition coefficient (Wildman–Crippen LogP) is 6.59. The smallest absolute Gasteiger partial charge is 0.410 e. The minimum atomic E-state index is -0.675. The fourth-order valence-corrected chi connectivity index (χ4v) is 6.88. The van der Waals surface area contributed by atoms with E-state index in [-0.39, 0.29) is 29.7 Å². The van der Waals surface area contributed by atoms with Crippen molar-refractivity contribution in [3.05, 3.63) is 53.4 Å². The van der Waals surface area contributed by atoms with Gasteiger partial charge < -0.3 is 19.3 Å². The van der Waals surface area contributed by atoms with E-state index in [1.54, 1.807) is 23.2 Å². The van der Waals surface area contributed by atoms with Crippen LogP contribution in [0.1, 0.15) is 46.5 Å². The highest BCUT2D eigenvalue weighted by atomic mass is 35.5. The fourth-order valence-electron chi connectivity index (χ4n) is 6.59. The van der Waals surface area contributed by atoms with Gasteiger partial charge in [0.2, 0.25) is 0 Å². The molecule has 1 unspecified atom stereocenters. The van der Waals surface area contributed by atoms with Crippen LogP contribution in [-0.2, 0) is 4.74 Å². The molecule has 1 aliphatic carbocycles. The van der Waals surface area contributed by atoms with Crippen LogP contribution in [0, 0.1) is 17.1 Å². The van der Waals surface area contributed by atoms with E-state index in [4.69, 9.17) is 26.1 Å². The minimum absolute atomic E-state index is 0.0774. The van der Waals surface area contributed by atoms with Crippen molar-refractivity contribution in [3.63, 3.8) is 0 Å². The van der Waals surface area contributed by atoms with Crippen LogP contribution in [0.25, 0.3) is 32.9 Å². The number of pyridine rings is 1. The van der Waals surface area contributed by atoms with Crippen molar-refractivity contribution < 1.29 is 18.7 Å². The number of halogens is 2. The average Bonchev–Trinajstić information content (AvgIpc) is 3.85. The Balaban J connectivity index is 1.28. The molecule has 2 saturated heterocycles. The van der Waals surface area contributed by atoms with Gasteiger partial charge in [0.1, 0.15) is 29.2 Å². The zero-order valence-electron chi connectivity index (χ0n) is 26.7. The summed E-state index contributed by atoms with van der Waals surface area (Å²) in [6, 6.07) is 13.9. The van der Waals surface area contributed by atoms with E-state index in [1.807, 2.05) is 49.9 Å². The summed E-state index contributed by atoms with van der Waals surface area (Å²) in [4.78, 5) is 33.1. The number of nitrogens with zero attached hydrogens (tertiary/aromatic N) is 7. The monoisotopic (exact) mass is 657 g/mol. The standard InChI is InChI=1S/C35H37ClFN7O3/c1-35(2,3)47-34(45)44-17-16-42(19-23(44)12-14-38)32-26-18-39-30(25-8-4-6-21-7-5-9-27(36)28(21)25)29(37)31(26)40-33(41-32)46-20-24-13-15-43(24)22-10-11-22/h4-9,18,22-24H,10-13,15-17,19-20H2,1-3H3/t23-,24?/m0/s1. The van der Waals surface area contributed by atoms with Crippen LogP contribution in [0.5, 0.6) is 6.01 Å². The second-order valence-corrected chi connectivity index (χ2v) is 13.9. The number of benzene rings is 2.